The SMILES string of the molecule is CC(C)(C)OC(=O)c1ccc(B2OC(C)(C)C(C)(C)O2)o1. The summed E-state index contributed by atoms with van der Waals surface area (Å²) in [5.74, 6) is -0.347. The minimum Gasteiger partial charge on any atom is -0.458 e. The van der Waals surface area contributed by atoms with Gasteiger partial charge in [-0.2, -0.15) is 0 Å². The van der Waals surface area contributed by atoms with Gasteiger partial charge in [0.1, 0.15) is 11.3 Å². The topological polar surface area (TPSA) is 57.9 Å². The fraction of sp³-hybridized carbons (Fsp3) is 0.667. The Kier molecular flexibility index (Phi) is 3.75. The molecule has 0 aromatic carbocycles. The summed E-state index contributed by atoms with van der Waals surface area (Å²) in [5, 5.41) is 0. The van der Waals surface area contributed by atoms with Gasteiger partial charge < -0.3 is 18.5 Å². The lowest BCUT2D eigenvalue weighted by Crippen LogP contribution is -2.41. The smallest absolute Gasteiger partial charge is 0.458 e. The highest BCUT2D eigenvalue weighted by Crippen LogP contribution is 2.36. The van der Waals surface area contributed by atoms with E-state index in [2.05, 4.69) is 0 Å². The van der Waals surface area contributed by atoms with Gasteiger partial charge in [0.25, 0.3) is 0 Å². The molecule has 21 heavy (non-hydrogen) atoms. The molecule has 0 bridgehead atoms. The van der Waals surface area contributed by atoms with Gasteiger partial charge in [-0.1, -0.05) is 0 Å². The summed E-state index contributed by atoms with van der Waals surface area (Å²) < 4.78 is 22.6. The van der Waals surface area contributed by atoms with Gasteiger partial charge in [0.2, 0.25) is 5.76 Å². The number of carbonyl (C=O) groups excluding carboxylic acids is 1. The van der Waals surface area contributed by atoms with E-state index in [-0.39, 0.29) is 5.76 Å². The minimum absolute atomic E-state index is 0.148. The van der Waals surface area contributed by atoms with Crippen LogP contribution in [0, 0.1) is 0 Å². The first kappa shape index (κ1) is 16.1. The number of rotatable bonds is 2. The maximum Gasteiger partial charge on any atom is 0.532 e. The number of hydrogen-bond donors (Lipinski definition) is 0. The van der Waals surface area contributed by atoms with Crippen molar-refractivity contribution in [2.45, 2.75) is 65.3 Å². The Morgan fingerprint density at radius 3 is 2.10 bits per heavy atom. The van der Waals surface area contributed by atoms with Crippen LogP contribution in [0.5, 0.6) is 0 Å². The summed E-state index contributed by atoms with van der Waals surface area (Å²) >= 11 is 0. The Labute approximate surface area is 126 Å². The number of esters is 1. The van der Waals surface area contributed by atoms with Crippen molar-refractivity contribution in [2.24, 2.45) is 0 Å². The third kappa shape index (κ3) is 3.32. The van der Waals surface area contributed by atoms with Gasteiger partial charge >= 0.3 is 13.1 Å². The summed E-state index contributed by atoms with van der Waals surface area (Å²) in [7, 11) is -0.619. The molecule has 0 radical (unpaired) electrons. The van der Waals surface area contributed by atoms with Crippen molar-refractivity contribution in [2.75, 3.05) is 0 Å². The first-order valence-corrected chi connectivity index (χ1v) is 7.10. The van der Waals surface area contributed by atoms with E-state index in [9.17, 15) is 4.79 Å². The average Bonchev–Trinajstić information content (AvgIpc) is 2.80. The Hall–Kier alpha value is -1.27. The fourth-order valence-corrected chi connectivity index (χ4v) is 1.88. The predicted molar refractivity (Wildman–Crippen MR) is 79.6 cm³/mol. The van der Waals surface area contributed by atoms with Gasteiger partial charge in [-0.25, -0.2) is 4.79 Å². The monoisotopic (exact) mass is 294 g/mol. The van der Waals surface area contributed by atoms with Crippen LogP contribution in [-0.4, -0.2) is 29.9 Å². The van der Waals surface area contributed by atoms with E-state index in [1.54, 1.807) is 12.1 Å². The van der Waals surface area contributed by atoms with Crippen molar-refractivity contribution in [1.29, 1.82) is 0 Å². The fourth-order valence-electron chi connectivity index (χ4n) is 1.88. The van der Waals surface area contributed by atoms with Gasteiger partial charge in [-0.05, 0) is 60.6 Å². The van der Waals surface area contributed by atoms with Gasteiger partial charge in [-0.15, -0.1) is 0 Å². The van der Waals surface area contributed by atoms with E-state index < -0.39 is 29.9 Å². The first-order chi connectivity index (χ1) is 9.41. The van der Waals surface area contributed by atoms with Crippen molar-refractivity contribution < 1.29 is 23.3 Å². The molecule has 2 rings (SSSR count). The molecule has 1 aromatic rings. The number of ether oxygens (including phenoxy) is 1. The van der Waals surface area contributed by atoms with Crippen LogP contribution < -0.4 is 5.66 Å². The lowest BCUT2D eigenvalue weighted by molar-refractivity contribution is 0.00374. The van der Waals surface area contributed by atoms with Crippen LogP contribution in [0.1, 0.15) is 59.0 Å². The Balaban J connectivity index is 2.13. The Morgan fingerprint density at radius 1 is 1.10 bits per heavy atom. The molecule has 0 unspecified atom stereocenters. The molecule has 0 aliphatic carbocycles. The lowest BCUT2D eigenvalue weighted by atomic mass is 9.86. The maximum atomic E-state index is 11.9. The van der Waals surface area contributed by atoms with Crippen molar-refractivity contribution in [1.82, 2.24) is 0 Å². The lowest BCUT2D eigenvalue weighted by Gasteiger charge is -2.32. The standard InChI is InChI=1S/C15H23BO5/c1-13(2,3)19-12(17)10-8-9-11(18-10)16-20-14(4,5)15(6,7)21-16/h8-9H,1-7H3. The van der Waals surface area contributed by atoms with Gasteiger partial charge in [0, 0.05) is 0 Å². The molecule has 1 aliphatic heterocycles. The molecule has 5 nitrogen and oxygen atoms in total. The van der Waals surface area contributed by atoms with E-state index in [0.29, 0.717) is 5.66 Å². The third-order valence-corrected chi connectivity index (χ3v) is 3.71. The molecule has 0 saturated carbocycles. The van der Waals surface area contributed by atoms with Crippen LogP contribution in [0.2, 0.25) is 0 Å². The number of furan rings is 1. The van der Waals surface area contributed by atoms with E-state index in [4.69, 9.17) is 18.5 Å². The molecule has 6 heteroatoms. The highest BCUT2D eigenvalue weighted by atomic mass is 16.7. The second kappa shape index (κ2) is 4.88. The van der Waals surface area contributed by atoms with Crippen molar-refractivity contribution in [3.8, 4) is 0 Å². The van der Waals surface area contributed by atoms with Gasteiger partial charge in [-0.3, -0.25) is 0 Å². The highest BCUT2D eigenvalue weighted by Gasteiger charge is 2.53. The molecule has 1 aromatic heterocycles. The molecule has 0 N–H and O–H groups in total. The van der Waals surface area contributed by atoms with Crippen molar-refractivity contribution in [3.63, 3.8) is 0 Å². The summed E-state index contributed by atoms with van der Waals surface area (Å²) in [6.07, 6.45) is 0. The molecule has 1 fully saturated rings. The molecule has 0 spiro atoms. The van der Waals surface area contributed by atoms with E-state index in [0.717, 1.165) is 0 Å². The highest BCUT2D eigenvalue weighted by molar-refractivity contribution is 6.60. The molecular weight excluding hydrogens is 271 g/mol. The largest absolute Gasteiger partial charge is 0.532 e. The van der Waals surface area contributed by atoms with E-state index in [1.807, 2.05) is 48.5 Å². The van der Waals surface area contributed by atoms with E-state index >= 15 is 0 Å². The summed E-state index contributed by atoms with van der Waals surface area (Å²) in [5.41, 5.74) is -0.990. The second-order valence-corrected chi connectivity index (χ2v) is 7.29. The summed E-state index contributed by atoms with van der Waals surface area (Å²) in [4.78, 5) is 11.9. The van der Waals surface area contributed by atoms with Gasteiger partial charge in [0.05, 0.1) is 11.2 Å². The van der Waals surface area contributed by atoms with Gasteiger partial charge in [0.15, 0.2) is 0 Å². The summed E-state index contributed by atoms with van der Waals surface area (Å²) in [6.45, 7) is 13.3. The zero-order valence-electron chi connectivity index (χ0n) is 13.8. The molecule has 1 aliphatic rings. The molecule has 0 atom stereocenters. The molecule has 116 valence electrons. The maximum absolute atomic E-state index is 11.9. The molecule has 0 amide bonds. The van der Waals surface area contributed by atoms with Crippen LogP contribution in [-0.2, 0) is 14.0 Å². The number of carbonyl (C=O) groups is 1. The van der Waals surface area contributed by atoms with Crippen LogP contribution in [0.15, 0.2) is 16.5 Å². The van der Waals surface area contributed by atoms with E-state index in [1.165, 1.54) is 0 Å². The molecule has 2 heterocycles. The summed E-state index contributed by atoms with van der Waals surface area (Å²) in [6, 6.07) is 3.26. The second-order valence-electron chi connectivity index (χ2n) is 7.29. The average molecular weight is 294 g/mol. The Bertz CT molecular complexity index is 523. The van der Waals surface area contributed by atoms with Crippen LogP contribution >= 0.6 is 0 Å². The zero-order chi connectivity index (χ0) is 16.1. The molecule has 1 saturated heterocycles. The van der Waals surface area contributed by atoms with Crippen LogP contribution in [0.4, 0.5) is 0 Å². The predicted octanol–water partition coefficient (Wildman–Crippen LogP) is 2.53. The zero-order valence-corrected chi connectivity index (χ0v) is 13.8. The first-order valence-electron chi connectivity index (χ1n) is 7.10. The normalized spacial score (nSPS) is 20.6. The van der Waals surface area contributed by atoms with Crippen LogP contribution in [0.3, 0.4) is 0 Å². The third-order valence-electron chi connectivity index (χ3n) is 3.71. The number of hydrogen-bond acceptors (Lipinski definition) is 5. The van der Waals surface area contributed by atoms with Crippen LogP contribution in [0.25, 0.3) is 0 Å². The van der Waals surface area contributed by atoms with Crippen molar-refractivity contribution >= 4 is 18.7 Å². The Morgan fingerprint density at radius 2 is 1.62 bits per heavy atom. The molecular formula is C15H23BO5. The minimum atomic E-state index is -0.619. The quantitative estimate of drug-likeness (QED) is 0.619. The van der Waals surface area contributed by atoms with Crippen molar-refractivity contribution in [3.05, 3.63) is 17.9 Å².